The minimum atomic E-state index is -0.603. The molecule has 0 unspecified atom stereocenters. The maximum atomic E-state index is 14.7. The summed E-state index contributed by atoms with van der Waals surface area (Å²) in [6, 6.07) is 8.20. The van der Waals surface area contributed by atoms with Crippen LogP contribution in [0.4, 0.5) is 4.39 Å². The topological polar surface area (TPSA) is 52.1 Å². The number of carbonyl (C=O) groups excluding carboxylic acids is 1. The summed E-state index contributed by atoms with van der Waals surface area (Å²) >= 11 is 1.42. The summed E-state index contributed by atoms with van der Waals surface area (Å²) in [6.07, 6.45) is 20.6. The molecule has 0 aliphatic carbocycles. The molecule has 1 aromatic carbocycles. The van der Waals surface area contributed by atoms with Crippen LogP contribution in [0.3, 0.4) is 0 Å². The van der Waals surface area contributed by atoms with E-state index in [0.29, 0.717) is 16.3 Å². The lowest BCUT2D eigenvalue weighted by Gasteiger charge is -2.07. The molecule has 0 N–H and O–H groups in total. The van der Waals surface area contributed by atoms with Crippen molar-refractivity contribution < 1.29 is 13.9 Å². The van der Waals surface area contributed by atoms with Crippen molar-refractivity contribution in [3.63, 3.8) is 0 Å². The number of unbranched alkanes of at least 4 members (excludes halogenated alkanes) is 10. The van der Waals surface area contributed by atoms with E-state index in [9.17, 15) is 9.18 Å². The van der Waals surface area contributed by atoms with Crippen LogP contribution in [0.1, 0.15) is 111 Å². The lowest BCUT2D eigenvalue weighted by atomic mass is 10.1. The first-order valence-electron chi connectivity index (χ1n) is 14.0. The molecule has 0 saturated carbocycles. The summed E-state index contributed by atoms with van der Waals surface area (Å²) in [5.41, 5.74) is 1.66. The third-order valence-electron chi connectivity index (χ3n) is 6.56. The summed E-state index contributed by atoms with van der Waals surface area (Å²) in [7, 11) is 0. The van der Waals surface area contributed by atoms with Gasteiger partial charge in [0.15, 0.2) is 17.4 Å². The Morgan fingerprint density at radius 3 is 2.11 bits per heavy atom. The van der Waals surface area contributed by atoms with Crippen molar-refractivity contribution in [1.29, 1.82) is 0 Å². The smallest absolute Gasteiger partial charge is 0.353 e. The van der Waals surface area contributed by atoms with E-state index >= 15 is 0 Å². The van der Waals surface area contributed by atoms with Gasteiger partial charge in [-0.25, -0.2) is 19.2 Å². The Hall–Kier alpha value is -2.60. The highest BCUT2D eigenvalue weighted by Gasteiger charge is 2.16. The number of rotatable bonds is 17. The number of thiophene rings is 1. The van der Waals surface area contributed by atoms with Gasteiger partial charge in [-0.2, -0.15) is 0 Å². The molecule has 0 saturated heterocycles. The SMILES string of the molecule is CCCCCCCCCCc1cnc(-c2ccc(OC(=O)c3ccc(CCCCCC)s3)c(F)c2)nc1. The number of benzene rings is 1. The number of hydrogen-bond donors (Lipinski definition) is 0. The second-order valence-corrected chi connectivity index (χ2v) is 10.9. The van der Waals surface area contributed by atoms with Crippen molar-refractivity contribution >= 4 is 17.3 Å². The normalized spacial score (nSPS) is 11.1. The number of carbonyl (C=O) groups is 1. The maximum absolute atomic E-state index is 14.7. The van der Waals surface area contributed by atoms with Crippen LogP contribution in [0.25, 0.3) is 11.4 Å². The Balaban J connectivity index is 1.46. The third kappa shape index (κ3) is 9.99. The third-order valence-corrected chi connectivity index (χ3v) is 7.68. The van der Waals surface area contributed by atoms with Crippen LogP contribution in [0, 0.1) is 5.82 Å². The molecule has 200 valence electrons. The Morgan fingerprint density at radius 1 is 0.811 bits per heavy atom. The van der Waals surface area contributed by atoms with E-state index in [1.54, 1.807) is 12.1 Å². The average Bonchev–Trinajstić information content (AvgIpc) is 3.39. The van der Waals surface area contributed by atoms with Crippen molar-refractivity contribution in [2.75, 3.05) is 0 Å². The monoisotopic (exact) mass is 524 g/mol. The largest absolute Gasteiger partial charge is 0.419 e. The molecule has 2 heterocycles. The molecule has 0 atom stereocenters. The molecular weight excluding hydrogens is 483 g/mol. The minimum absolute atomic E-state index is 0.0852. The number of esters is 1. The molecule has 3 rings (SSSR count). The Bertz CT molecular complexity index is 1080. The number of halogens is 1. The van der Waals surface area contributed by atoms with Gasteiger partial charge in [0, 0.05) is 22.8 Å². The molecule has 0 aliphatic heterocycles. The van der Waals surface area contributed by atoms with Gasteiger partial charge in [-0.3, -0.25) is 0 Å². The number of ether oxygens (including phenoxy) is 1. The molecule has 0 amide bonds. The van der Waals surface area contributed by atoms with Gasteiger partial charge in [0.25, 0.3) is 0 Å². The Kier molecular flexibility index (Phi) is 12.7. The second kappa shape index (κ2) is 16.3. The second-order valence-electron chi connectivity index (χ2n) is 9.75. The van der Waals surface area contributed by atoms with Crippen molar-refractivity contribution in [3.8, 4) is 17.1 Å². The lowest BCUT2D eigenvalue weighted by Crippen LogP contribution is -2.07. The molecule has 0 radical (unpaired) electrons. The van der Waals surface area contributed by atoms with Crippen LogP contribution >= 0.6 is 11.3 Å². The molecule has 6 heteroatoms. The van der Waals surface area contributed by atoms with Crippen LogP contribution in [-0.2, 0) is 12.8 Å². The lowest BCUT2D eigenvalue weighted by molar-refractivity contribution is 0.0733. The summed E-state index contributed by atoms with van der Waals surface area (Å²) in [6.45, 7) is 4.43. The highest BCUT2D eigenvalue weighted by molar-refractivity contribution is 7.13. The first-order valence-corrected chi connectivity index (χ1v) is 14.8. The first-order chi connectivity index (χ1) is 18.1. The highest BCUT2D eigenvalue weighted by atomic mass is 32.1. The van der Waals surface area contributed by atoms with Gasteiger partial charge in [0.2, 0.25) is 0 Å². The molecule has 0 fully saturated rings. The van der Waals surface area contributed by atoms with Gasteiger partial charge in [-0.1, -0.05) is 78.1 Å². The summed E-state index contributed by atoms with van der Waals surface area (Å²) in [5.74, 6) is -0.757. The van der Waals surface area contributed by atoms with E-state index in [0.717, 1.165) is 36.1 Å². The van der Waals surface area contributed by atoms with E-state index < -0.39 is 11.8 Å². The van der Waals surface area contributed by atoms with Gasteiger partial charge >= 0.3 is 5.97 Å². The van der Waals surface area contributed by atoms with Crippen LogP contribution < -0.4 is 4.74 Å². The van der Waals surface area contributed by atoms with E-state index in [-0.39, 0.29) is 5.75 Å². The molecule has 37 heavy (non-hydrogen) atoms. The van der Waals surface area contributed by atoms with E-state index in [4.69, 9.17) is 4.74 Å². The van der Waals surface area contributed by atoms with Crippen molar-refractivity contribution in [1.82, 2.24) is 9.97 Å². The fraction of sp³-hybridized carbons (Fsp3) is 0.516. The first kappa shape index (κ1) is 29.0. The molecule has 0 bridgehead atoms. The van der Waals surface area contributed by atoms with Crippen molar-refractivity contribution in [2.24, 2.45) is 0 Å². The van der Waals surface area contributed by atoms with Gasteiger partial charge < -0.3 is 4.74 Å². The van der Waals surface area contributed by atoms with E-state index in [1.807, 2.05) is 18.5 Å². The van der Waals surface area contributed by atoms with Crippen LogP contribution in [0.15, 0.2) is 42.7 Å². The predicted octanol–water partition coefficient (Wildman–Crippen LogP) is 9.37. The zero-order valence-electron chi connectivity index (χ0n) is 22.4. The van der Waals surface area contributed by atoms with Crippen LogP contribution in [0.5, 0.6) is 5.75 Å². The highest BCUT2D eigenvalue weighted by Crippen LogP contribution is 2.26. The van der Waals surface area contributed by atoms with Gasteiger partial charge in [0.05, 0.1) is 0 Å². The zero-order valence-corrected chi connectivity index (χ0v) is 23.3. The maximum Gasteiger partial charge on any atom is 0.353 e. The van der Waals surface area contributed by atoms with E-state index in [2.05, 4.69) is 23.8 Å². The summed E-state index contributed by atoms with van der Waals surface area (Å²) in [5, 5.41) is 0. The van der Waals surface area contributed by atoms with Gasteiger partial charge in [-0.15, -0.1) is 11.3 Å². The fourth-order valence-corrected chi connectivity index (χ4v) is 5.24. The molecule has 3 aromatic rings. The standard InChI is InChI=1S/C31H41FN2O2S/c1-3-5-7-9-10-11-12-13-15-24-22-33-30(34-23-24)25-17-19-28(27(32)21-25)36-31(35)29-20-18-26(37-29)16-14-8-6-4-2/h17-23H,3-16H2,1-2H3. The number of hydrogen-bond acceptors (Lipinski definition) is 5. The Labute approximate surface area is 225 Å². The van der Waals surface area contributed by atoms with Crippen molar-refractivity contribution in [3.05, 3.63) is 63.9 Å². The minimum Gasteiger partial charge on any atom is -0.419 e. The average molecular weight is 525 g/mol. The number of nitrogens with zero attached hydrogens (tertiary/aromatic N) is 2. The summed E-state index contributed by atoms with van der Waals surface area (Å²) < 4.78 is 20.1. The van der Waals surface area contributed by atoms with Crippen LogP contribution in [-0.4, -0.2) is 15.9 Å². The van der Waals surface area contributed by atoms with Gasteiger partial charge in [0.1, 0.15) is 4.88 Å². The number of aromatic nitrogens is 2. The molecule has 0 spiro atoms. The summed E-state index contributed by atoms with van der Waals surface area (Å²) in [4.78, 5) is 23.0. The quantitative estimate of drug-likeness (QED) is 0.100. The zero-order chi connectivity index (χ0) is 26.3. The molecule has 4 nitrogen and oxygen atoms in total. The van der Waals surface area contributed by atoms with Crippen molar-refractivity contribution in [2.45, 2.75) is 104 Å². The van der Waals surface area contributed by atoms with E-state index in [1.165, 1.54) is 87.7 Å². The van der Waals surface area contributed by atoms with Crippen LogP contribution in [0.2, 0.25) is 0 Å². The molecular formula is C31H41FN2O2S. The fourth-order valence-electron chi connectivity index (χ4n) is 4.32. The molecule has 2 aromatic heterocycles. The predicted molar refractivity (Wildman–Crippen MR) is 151 cm³/mol. The van der Waals surface area contributed by atoms with Gasteiger partial charge in [-0.05, 0) is 61.6 Å². The molecule has 0 aliphatic rings. The number of aryl methyl sites for hydroxylation is 2. The Morgan fingerprint density at radius 2 is 1.43 bits per heavy atom.